The summed E-state index contributed by atoms with van der Waals surface area (Å²) in [7, 11) is -2.67. The molecule has 0 saturated heterocycles. The summed E-state index contributed by atoms with van der Waals surface area (Å²) in [6, 6.07) is 0.697. The number of carbonyl (C=O) groups is 2. The van der Waals surface area contributed by atoms with E-state index < -0.39 is 8.56 Å². The predicted octanol–water partition coefficient (Wildman–Crippen LogP) is 5.11. The first-order valence-electron chi connectivity index (χ1n) is 8.79. The van der Waals surface area contributed by atoms with Crippen LogP contribution in [0.15, 0.2) is 0 Å². The zero-order valence-corrected chi connectivity index (χ0v) is 15.9. The molecule has 0 spiro atoms. The van der Waals surface area contributed by atoms with Gasteiger partial charge in [0.1, 0.15) is 0 Å². The number of rotatable bonds is 13. The fraction of sp³-hybridized carbons (Fsp3) is 0.882. The monoisotopic (exact) mass is 330 g/mol. The molecule has 0 saturated carbocycles. The van der Waals surface area contributed by atoms with Crippen molar-refractivity contribution in [2.24, 2.45) is 0 Å². The van der Waals surface area contributed by atoms with Gasteiger partial charge in [-0.25, -0.2) is 0 Å². The molecule has 0 unspecified atom stereocenters. The van der Waals surface area contributed by atoms with Crippen molar-refractivity contribution in [3.63, 3.8) is 0 Å². The van der Waals surface area contributed by atoms with Gasteiger partial charge in [-0.3, -0.25) is 9.59 Å². The average Bonchev–Trinajstić information content (AvgIpc) is 2.39. The van der Waals surface area contributed by atoms with Crippen LogP contribution in [0.2, 0.25) is 12.6 Å². The summed E-state index contributed by atoms with van der Waals surface area (Å²) in [5.74, 6) is -0.718. The van der Waals surface area contributed by atoms with Gasteiger partial charge in [-0.15, -0.1) is 0 Å². The summed E-state index contributed by atoms with van der Waals surface area (Å²) < 4.78 is 10.6. The summed E-state index contributed by atoms with van der Waals surface area (Å²) in [5.41, 5.74) is 0. The Morgan fingerprint density at radius 3 is 1.45 bits per heavy atom. The van der Waals surface area contributed by atoms with E-state index in [1.807, 2.05) is 0 Å². The lowest BCUT2D eigenvalue weighted by molar-refractivity contribution is -0.138. The van der Waals surface area contributed by atoms with Crippen molar-refractivity contribution in [3.8, 4) is 0 Å². The van der Waals surface area contributed by atoms with E-state index in [1.54, 1.807) is 6.55 Å². The second kappa shape index (κ2) is 12.7. The van der Waals surface area contributed by atoms with Crippen molar-refractivity contribution in [3.05, 3.63) is 0 Å². The molecule has 0 amide bonds. The Labute approximate surface area is 137 Å². The van der Waals surface area contributed by atoms with Crippen LogP contribution in [0, 0.1) is 0 Å². The van der Waals surface area contributed by atoms with Crippen LogP contribution in [0.5, 0.6) is 0 Å². The van der Waals surface area contributed by atoms with Gasteiger partial charge in [0.15, 0.2) is 0 Å². The quantitative estimate of drug-likeness (QED) is 0.348. The molecule has 0 atom stereocenters. The van der Waals surface area contributed by atoms with Gasteiger partial charge in [0, 0.05) is 26.4 Å². The van der Waals surface area contributed by atoms with Crippen LogP contribution < -0.4 is 0 Å². The van der Waals surface area contributed by atoms with E-state index in [0.717, 1.165) is 12.8 Å². The molecule has 0 bridgehead atoms. The third kappa shape index (κ3) is 12.9. The van der Waals surface area contributed by atoms with E-state index in [0.29, 0.717) is 6.04 Å². The smallest absolute Gasteiger partial charge is 0.461 e. The largest absolute Gasteiger partial charge is 0.485 e. The Hall–Kier alpha value is -0.843. The Morgan fingerprint density at radius 1 is 0.727 bits per heavy atom. The van der Waals surface area contributed by atoms with Gasteiger partial charge in [-0.2, -0.15) is 0 Å². The third-order valence-corrected chi connectivity index (χ3v) is 6.40. The van der Waals surface area contributed by atoms with E-state index in [4.69, 9.17) is 8.85 Å². The fourth-order valence-corrected chi connectivity index (χ4v) is 5.02. The minimum absolute atomic E-state index is 0.359. The molecule has 5 heteroatoms. The lowest BCUT2D eigenvalue weighted by Gasteiger charge is -2.24. The van der Waals surface area contributed by atoms with Crippen LogP contribution in [0.3, 0.4) is 0 Å². The Morgan fingerprint density at radius 2 is 1.09 bits per heavy atom. The molecule has 0 aromatic heterocycles. The minimum atomic E-state index is -2.67. The van der Waals surface area contributed by atoms with Crippen molar-refractivity contribution < 1.29 is 18.4 Å². The van der Waals surface area contributed by atoms with Crippen LogP contribution in [-0.2, 0) is 18.4 Å². The van der Waals surface area contributed by atoms with E-state index >= 15 is 0 Å². The molecule has 0 heterocycles. The zero-order valence-electron chi connectivity index (χ0n) is 14.9. The Kier molecular flexibility index (Phi) is 12.2. The van der Waals surface area contributed by atoms with Crippen molar-refractivity contribution in [2.45, 2.75) is 97.6 Å². The Bertz CT molecular complexity index is 302. The maximum absolute atomic E-state index is 11.1. The summed E-state index contributed by atoms with van der Waals surface area (Å²) >= 11 is 0. The maximum Gasteiger partial charge on any atom is 0.461 e. The second-order valence-electron chi connectivity index (χ2n) is 6.25. The molecule has 0 aliphatic carbocycles. The Balaban J connectivity index is 3.72. The van der Waals surface area contributed by atoms with Crippen LogP contribution >= 0.6 is 0 Å². The highest BCUT2D eigenvalue weighted by molar-refractivity contribution is 6.69. The molecule has 0 aliphatic heterocycles. The SMILES string of the molecule is CCCCCCCCCCCC[Si](C)(OC(C)=O)OC(C)=O. The zero-order chi connectivity index (χ0) is 16.8. The normalized spacial score (nSPS) is 11.3. The predicted molar refractivity (Wildman–Crippen MR) is 91.8 cm³/mol. The van der Waals surface area contributed by atoms with Gasteiger partial charge in [0.25, 0.3) is 11.9 Å². The molecule has 22 heavy (non-hydrogen) atoms. The van der Waals surface area contributed by atoms with Crippen molar-refractivity contribution in [1.29, 1.82) is 0 Å². The van der Waals surface area contributed by atoms with Crippen LogP contribution in [-0.4, -0.2) is 20.5 Å². The first-order chi connectivity index (χ1) is 10.4. The third-order valence-electron chi connectivity index (χ3n) is 3.70. The molecule has 4 nitrogen and oxygen atoms in total. The fourth-order valence-electron chi connectivity index (χ4n) is 2.66. The minimum Gasteiger partial charge on any atom is -0.485 e. The van der Waals surface area contributed by atoms with E-state index in [-0.39, 0.29) is 11.9 Å². The lowest BCUT2D eigenvalue weighted by atomic mass is 10.1. The summed E-state index contributed by atoms with van der Waals surface area (Å²) in [5, 5.41) is 0. The summed E-state index contributed by atoms with van der Waals surface area (Å²) in [6.45, 7) is 6.77. The maximum atomic E-state index is 11.1. The summed E-state index contributed by atoms with van der Waals surface area (Å²) in [4.78, 5) is 22.3. The summed E-state index contributed by atoms with van der Waals surface area (Å²) in [6.07, 6.45) is 12.6. The van der Waals surface area contributed by atoms with E-state index in [9.17, 15) is 9.59 Å². The second-order valence-corrected chi connectivity index (χ2v) is 9.43. The van der Waals surface area contributed by atoms with Gasteiger partial charge >= 0.3 is 8.56 Å². The highest BCUT2D eigenvalue weighted by atomic mass is 28.4. The van der Waals surface area contributed by atoms with Crippen molar-refractivity contribution in [1.82, 2.24) is 0 Å². The van der Waals surface area contributed by atoms with Gasteiger partial charge in [-0.05, 0) is 6.42 Å². The number of unbranched alkanes of at least 4 members (excludes halogenated alkanes) is 9. The molecule has 0 aromatic rings. The van der Waals surface area contributed by atoms with E-state index in [2.05, 4.69) is 6.92 Å². The number of hydrogen-bond donors (Lipinski definition) is 0. The van der Waals surface area contributed by atoms with Crippen LogP contribution in [0.4, 0.5) is 0 Å². The first kappa shape index (κ1) is 21.2. The molecular weight excluding hydrogens is 296 g/mol. The van der Waals surface area contributed by atoms with Gasteiger partial charge in [-0.1, -0.05) is 64.7 Å². The van der Waals surface area contributed by atoms with Crippen LogP contribution in [0.25, 0.3) is 0 Å². The van der Waals surface area contributed by atoms with E-state index in [1.165, 1.54) is 65.2 Å². The van der Waals surface area contributed by atoms with Crippen molar-refractivity contribution in [2.75, 3.05) is 0 Å². The highest BCUT2D eigenvalue weighted by Crippen LogP contribution is 2.20. The molecule has 0 aromatic carbocycles. The number of hydrogen-bond acceptors (Lipinski definition) is 4. The lowest BCUT2D eigenvalue weighted by Crippen LogP contribution is -2.41. The average molecular weight is 331 g/mol. The number of carbonyl (C=O) groups excluding carboxylic acids is 2. The van der Waals surface area contributed by atoms with Crippen molar-refractivity contribution >= 4 is 20.5 Å². The van der Waals surface area contributed by atoms with Gasteiger partial charge in [0.2, 0.25) is 0 Å². The molecule has 130 valence electrons. The molecule has 0 rings (SSSR count). The molecule has 0 radical (unpaired) electrons. The highest BCUT2D eigenvalue weighted by Gasteiger charge is 2.37. The molecule has 0 fully saturated rings. The van der Waals surface area contributed by atoms with Gasteiger partial charge < -0.3 is 8.85 Å². The van der Waals surface area contributed by atoms with Crippen LogP contribution in [0.1, 0.15) is 85.0 Å². The first-order valence-corrected chi connectivity index (χ1v) is 11.3. The molecule has 0 N–H and O–H groups in total. The molecule has 0 aliphatic rings. The van der Waals surface area contributed by atoms with Gasteiger partial charge in [0.05, 0.1) is 0 Å². The standard InChI is InChI=1S/C17H34O4Si/c1-5-6-7-8-9-10-11-12-13-14-15-22(4,20-16(2)18)21-17(3)19/h5-15H2,1-4H3. The topological polar surface area (TPSA) is 52.6 Å². The molecular formula is C17H34O4Si.